The average Bonchev–Trinajstić information content (AvgIpc) is 3.29. The Labute approximate surface area is 191 Å². The van der Waals surface area contributed by atoms with Crippen LogP contribution in [0.15, 0.2) is 24.3 Å². The Morgan fingerprint density at radius 2 is 1.97 bits per heavy atom. The molecule has 0 radical (unpaired) electrons. The monoisotopic (exact) mass is 465 g/mol. The first-order valence-corrected chi connectivity index (χ1v) is 11.9. The van der Waals surface area contributed by atoms with Gasteiger partial charge in [-0.2, -0.15) is 0 Å². The Morgan fingerprint density at radius 3 is 2.61 bits per heavy atom. The number of hydrogen-bond acceptors (Lipinski definition) is 5. The Hall–Kier alpha value is -1.77. The zero-order chi connectivity index (χ0) is 22.4. The molecule has 3 saturated heterocycles. The molecule has 2 bridgehead atoms. The Kier molecular flexibility index (Phi) is 6.00. The van der Waals surface area contributed by atoms with E-state index in [1.54, 1.807) is 36.0 Å². The second-order valence-electron chi connectivity index (χ2n) is 8.77. The summed E-state index contributed by atoms with van der Waals surface area (Å²) in [6, 6.07) is 6.06. The van der Waals surface area contributed by atoms with E-state index in [9.17, 15) is 19.5 Å². The number of amides is 3. The van der Waals surface area contributed by atoms with Gasteiger partial charge in [0.2, 0.25) is 17.7 Å². The molecule has 1 spiro atoms. The van der Waals surface area contributed by atoms with Gasteiger partial charge in [-0.25, -0.2) is 0 Å². The van der Waals surface area contributed by atoms with Crippen LogP contribution in [0.1, 0.15) is 33.1 Å². The van der Waals surface area contributed by atoms with Gasteiger partial charge in [-0.3, -0.25) is 14.4 Å². The summed E-state index contributed by atoms with van der Waals surface area (Å²) in [5.41, 5.74) is 0.589. The normalized spacial score (nSPS) is 33.5. The predicted octanol–water partition coefficient (Wildman–Crippen LogP) is 2.28. The lowest BCUT2D eigenvalue weighted by Crippen LogP contribution is -2.52. The molecule has 7 nitrogen and oxygen atoms in total. The van der Waals surface area contributed by atoms with E-state index in [2.05, 4.69) is 10.6 Å². The molecule has 4 rings (SSSR count). The fourth-order valence-corrected chi connectivity index (χ4v) is 8.06. The molecular formula is C22H28ClN3O4S. The molecule has 0 saturated carbocycles. The number of rotatable bonds is 7. The molecule has 1 aromatic carbocycles. The zero-order valence-electron chi connectivity index (χ0n) is 17.7. The van der Waals surface area contributed by atoms with Crippen molar-refractivity contribution in [1.29, 1.82) is 0 Å². The van der Waals surface area contributed by atoms with Crippen molar-refractivity contribution in [1.82, 2.24) is 10.2 Å². The number of aliphatic hydroxyl groups is 1. The highest BCUT2D eigenvalue weighted by Crippen LogP contribution is 2.71. The van der Waals surface area contributed by atoms with Crippen LogP contribution in [0, 0.1) is 11.8 Å². The van der Waals surface area contributed by atoms with E-state index in [0.29, 0.717) is 23.7 Å². The molecule has 3 aliphatic rings. The van der Waals surface area contributed by atoms with E-state index in [1.165, 1.54) is 4.90 Å². The maximum absolute atomic E-state index is 13.5. The van der Waals surface area contributed by atoms with Crippen LogP contribution >= 0.6 is 23.4 Å². The van der Waals surface area contributed by atoms with Crippen molar-refractivity contribution in [2.45, 2.75) is 48.6 Å². The van der Waals surface area contributed by atoms with Gasteiger partial charge in [0.25, 0.3) is 0 Å². The van der Waals surface area contributed by atoms with Crippen LogP contribution in [0.4, 0.5) is 5.69 Å². The van der Waals surface area contributed by atoms with Gasteiger partial charge < -0.3 is 20.6 Å². The van der Waals surface area contributed by atoms with E-state index in [0.717, 1.165) is 12.8 Å². The van der Waals surface area contributed by atoms with E-state index in [4.69, 9.17) is 11.6 Å². The smallest absolute Gasteiger partial charge is 0.248 e. The Bertz CT molecular complexity index is 897. The van der Waals surface area contributed by atoms with E-state index in [1.807, 2.05) is 13.8 Å². The van der Waals surface area contributed by atoms with Crippen molar-refractivity contribution in [3.05, 3.63) is 29.3 Å². The summed E-state index contributed by atoms with van der Waals surface area (Å²) in [6.45, 7) is 4.41. The molecule has 5 atom stereocenters. The highest BCUT2D eigenvalue weighted by molar-refractivity contribution is 8.02. The van der Waals surface area contributed by atoms with Gasteiger partial charge in [0.05, 0.1) is 23.2 Å². The van der Waals surface area contributed by atoms with Crippen LogP contribution in [0.25, 0.3) is 0 Å². The van der Waals surface area contributed by atoms with Crippen molar-refractivity contribution >= 4 is 46.8 Å². The maximum Gasteiger partial charge on any atom is 0.248 e. The third kappa shape index (κ3) is 3.52. The van der Waals surface area contributed by atoms with Gasteiger partial charge in [0, 0.05) is 28.5 Å². The van der Waals surface area contributed by atoms with Gasteiger partial charge in [-0.15, -0.1) is 11.8 Å². The standard InChI is InChI=1S/C22H28ClN3O4S/c1-3-10-24-18(28)15-16-20(30)26(11-12-27)17(22(16)9-8-21(15,2)31-22)19(29)25-14-6-4-13(23)5-7-14/h4-7,15-17,27H,3,8-12H2,1-2H3,(H,24,28)(H,25,29)/t15-,16+,17?,21+,22?/m1/s1. The first-order valence-electron chi connectivity index (χ1n) is 10.7. The highest BCUT2D eigenvalue weighted by atomic mass is 35.5. The minimum atomic E-state index is -0.747. The first kappa shape index (κ1) is 22.4. The molecule has 3 aliphatic heterocycles. The number of thioether (sulfide) groups is 1. The second-order valence-corrected chi connectivity index (χ2v) is 11.1. The van der Waals surface area contributed by atoms with E-state index >= 15 is 0 Å². The van der Waals surface area contributed by atoms with Gasteiger partial charge in [0.1, 0.15) is 6.04 Å². The van der Waals surface area contributed by atoms with Gasteiger partial charge >= 0.3 is 0 Å². The third-order valence-corrected chi connectivity index (χ3v) is 9.05. The molecule has 1 aromatic rings. The molecule has 3 fully saturated rings. The predicted molar refractivity (Wildman–Crippen MR) is 121 cm³/mol. The molecule has 168 valence electrons. The summed E-state index contributed by atoms with van der Waals surface area (Å²) < 4.78 is -1.06. The first-order chi connectivity index (χ1) is 14.8. The summed E-state index contributed by atoms with van der Waals surface area (Å²) in [5, 5.41) is 16.1. The number of fused-ring (bicyclic) bond motifs is 1. The molecule has 3 amide bonds. The lowest BCUT2D eigenvalue weighted by molar-refractivity contribution is -0.140. The largest absolute Gasteiger partial charge is 0.395 e. The number of nitrogens with one attached hydrogen (secondary N) is 2. The minimum Gasteiger partial charge on any atom is -0.395 e. The zero-order valence-corrected chi connectivity index (χ0v) is 19.3. The quantitative estimate of drug-likeness (QED) is 0.573. The molecule has 3 heterocycles. The van der Waals surface area contributed by atoms with Crippen LogP contribution in [-0.4, -0.2) is 63.0 Å². The second kappa shape index (κ2) is 8.30. The average molecular weight is 466 g/mol. The highest BCUT2D eigenvalue weighted by Gasteiger charge is 2.76. The topological polar surface area (TPSA) is 98.7 Å². The summed E-state index contributed by atoms with van der Waals surface area (Å²) >= 11 is 7.56. The summed E-state index contributed by atoms with van der Waals surface area (Å²) in [6.07, 6.45) is 2.26. The summed E-state index contributed by atoms with van der Waals surface area (Å²) in [7, 11) is 0. The molecule has 3 N–H and O–H groups in total. The van der Waals surface area contributed by atoms with Gasteiger partial charge in [-0.1, -0.05) is 18.5 Å². The Morgan fingerprint density at radius 1 is 1.26 bits per heavy atom. The number of hydrogen-bond donors (Lipinski definition) is 3. The number of carbonyl (C=O) groups excluding carboxylic acids is 3. The van der Waals surface area contributed by atoms with Crippen molar-refractivity contribution in [3.8, 4) is 0 Å². The molecule has 9 heteroatoms. The Balaban J connectivity index is 1.68. The number of halogens is 1. The lowest BCUT2D eigenvalue weighted by atomic mass is 9.66. The number of likely N-dealkylation sites (tertiary alicyclic amines) is 1. The van der Waals surface area contributed by atoms with Crippen molar-refractivity contribution in [3.63, 3.8) is 0 Å². The van der Waals surface area contributed by atoms with Gasteiger partial charge in [0.15, 0.2) is 0 Å². The number of aliphatic hydroxyl groups excluding tert-OH is 1. The number of nitrogens with zero attached hydrogens (tertiary/aromatic N) is 1. The summed E-state index contributed by atoms with van der Waals surface area (Å²) in [5.74, 6) is -1.67. The van der Waals surface area contributed by atoms with Crippen LogP contribution in [-0.2, 0) is 14.4 Å². The minimum absolute atomic E-state index is 0.0658. The number of β-amino-alcohol motifs (C(OH)–C–C–N with tert-alkyl or cyclic N) is 1. The fourth-order valence-electron chi connectivity index (χ4n) is 5.58. The van der Waals surface area contributed by atoms with Crippen LogP contribution < -0.4 is 10.6 Å². The van der Waals surface area contributed by atoms with Crippen LogP contribution in [0.2, 0.25) is 5.02 Å². The maximum atomic E-state index is 13.5. The third-order valence-electron chi connectivity index (χ3n) is 6.81. The van der Waals surface area contributed by atoms with E-state index in [-0.39, 0.29) is 35.6 Å². The summed E-state index contributed by atoms with van der Waals surface area (Å²) in [4.78, 5) is 41.6. The van der Waals surface area contributed by atoms with Gasteiger partial charge in [-0.05, 0) is 50.5 Å². The molecule has 2 unspecified atom stereocenters. The van der Waals surface area contributed by atoms with Crippen molar-refractivity contribution in [2.24, 2.45) is 11.8 Å². The molecule has 0 aromatic heterocycles. The van der Waals surface area contributed by atoms with Crippen molar-refractivity contribution in [2.75, 3.05) is 25.0 Å². The molecule has 0 aliphatic carbocycles. The SMILES string of the molecule is CCCNC(=O)[C@H]1[C@H]2C(=O)N(CCO)C(C(=O)Nc3ccc(Cl)cc3)C23CC[C@]1(C)S3. The lowest BCUT2D eigenvalue weighted by Gasteiger charge is -2.34. The molecule has 31 heavy (non-hydrogen) atoms. The fraction of sp³-hybridized carbons (Fsp3) is 0.591. The van der Waals surface area contributed by atoms with E-state index < -0.39 is 22.6 Å². The number of benzene rings is 1. The van der Waals surface area contributed by atoms with Crippen LogP contribution in [0.3, 0.4) is 0 Å². The van der Waals surface area contributed by atoms with Crippen LogP contribution in [0.5, 0.6) is 0 Å². The number of anilines is 1. The number of carbonyl (C=O) groups is 3. The molecular weight excluding hydrogens is 438 g/mol. The van der Waals surface area contributed by atoms with Crippen molar-refractivity contribution < 1.29 is 19.5 Å².